The van der Waals surface area contributed by atoms with Crippen LogP contribution in [0.3, 0.4) is 0 Å². The second-order valence-corrected chi connectivity index (χ2v) is 3.52. The van der Waals surface area contributed by atoms with Crippen LogP contribution in [0, 0.1) is 0 Å². The van der Waals surface area contributed by atoms with Crippen molar-refractivity contribution >= 4 is 27.5 Å². The van der Waals surface area contributed by atoms with Crippen LogP contribution < -0.4 is 4.74 Å². The van der Waals surface area contributed by atoms with E-state index in [1.807, 2.05) is 0 Å². The largest absolute Gasteiger partial charge is 0.496 e. The number of ether oxygens (including phenoxy) is 1. The molecule has 0 aliphatic carbocycles. The van der Waals surface area contributed by atoms with Crippen LogP contribution in [0.5, 0.6) is 5.75 Å². The average molecular weight is 287 g/mol. The summed E-state index contributed by atoms with van der Waals surface area (Å²) >= 11 is 8.59. The highest BCUT2D eigenvalue weighted by molar-refractivity contribution is 9.10. The number of hydrogen-bond donors (Lipinski definition) is 0. The maximum Gasteiger partial charge on any atom is 0.269 e. The lowest BCUT2D eigenvalue weighted by molar-refractivity contribution is 0.145. The molecule has 0 bridgehead atoms. The minimum Gasteiger partial charge on any atom is -0.496 e. The van der Waals surface area contributed by atoms with E-state index in [1.165, 1.54) is 13.2 Å². The summed E-state index contributed by atoms with van der Waals surface area (Å²) in [5.74, 6) is 0.0210. The lowest BCUT2D eigenvalue weighted by Gasteiger charge is -2.11. The molecule has 0 amide bonds. The summed E-state index contributed by atoms with van der Waals surface area (Å²) < 4.78 is 30.4. The molecule has 0 saturated heterocycles. The minimum absolute atomic E-state index is 0.0739. The van der Waals surface area contributed by atoms with E-state index in [9.17, 15) is 8.78 Å². The Kier molecular flexibility index (Phi) is 4.07. The van der Waals surface area contributed by atoms with Gasteiger partial charge in [-0.1, -0.05) is 0 Å². The Morgan fingerprint density at radius 2 is 2.29 bits per heavy atom. The Bertz CT molecular complexity index is 310. The van der Waals surface area contributed by atoms with Crippen LogP contribution in [0.15, 0.2) is 10.7 Å². The molecule has 1 rings (SSSR count). The third kappa shape index (κ3) is 2.33. The molecule has 0 unspecified atom stereocenters. The fraction of sp³-hybridized carbons (Fsp3) is 0.375. The molecule has 1 aromatic rings. The second-order valence-electron chi connectivity index (χ2n) is 2.44. The van der Waals surface area contributed by atoms with Gasteiger partial charge in [0.25, 0.3) is 6.43 Å². The highest BCUT2D eigenvalue weighted by Gasteiger charge is 2.20. The fourth-order valence-electron chi connectivity index (χ4n) is 1.05. The zero-order valence-electron chi connectivity index (χ0n) is 7.23. The SMILES string of the molecule is COc1cc(Br)nc(CCl)c1C(F)F. The second kappa shape index (κ2) is 4.89. The predicted molar refractivity (Wildman–Crippen MR) is 53.0 cm³/mol. The highest BCUT2D eigenvalue weighted by Crippen LogP contribution is 2.33. The molecule has 2 nitrogen and oxygen atoms in total. The van der Waals surface area contributed by atoms with Gasteiger partial charge in [0.05, 0.1) is 24.2 Å². The van der Waals surface area contributed by atoms with Gasteiger partial charge >= 0.3 is 0 Å². The third-order valence-electron chi connectivity index (χ3n) is 1.63. The van der Waals surface area contributed by atoms with Gasteiger partial charge in [-0.15, -0.1) is 11.6 Å². The molecule has 0 aliphatic heterocycles. The Hall–Kier alpha value is -0.420. The van der Waals surface area contributed by atoms with Crippen LogP contribution in [0.1, 0.15) is 17.7 Å². The van der Waals surface area contributed by atoms with Crippen molar-refractivity contribution in [1.82, 2.24) is 4.98 Å². The summed E-state index contributed by atoms with van der Waals surface area (Å²) in [5, 5.41) is 0. The Labute approximate surface area is 93.4 Å². The van der Waals surface area contributed by atoms with Gasteiger partial charge in [0.15, 0.2) is 0 Å². The number of alkyl halides is 3. The van der Waals surface area contributed by atoms with E-state index in [4.69, 9.17) is 16.3 Å². The van der Waals surface area contributed by atoms with Crippen LogP contribution in [0.2, 0.25) is 0 Å². The van der Waals surface area contributed by atoms with Crippen LogP contribution in [0.25, 0.3) is 0 Å². The summed E-state index contributed by atoms with van der Waals surface area (Å²) in [6.45, 7) is 0. The average Bonchev–Trinajstić information content (AvgIpc) is 2.15. The molecule has 14 heavy (non-hydrogen) atoms. The number of nitrogens with zero attached hydrogens (tertiary/aromatic N) is 1. The highest BCUT2D eigenvalue weighted by atomic mass is 79.9. The molecule has 0 aromatic carbocycles. The molecule has 6 heteroatoms. The first kappa shape index (κ1) is 11.7. The minimum atomic E-state index is -2.64. The van der Waals surface area contributed by atoms with Crippen molar-refractivity contribution in [1.29, 1.82) is 0 Å². The monoisotopic (exact) mass is 285 g/mol. The van der Waals surface area contributed by atoms with E-state index in [0.717, 1.165) is 0 Å². The molecule has 0 saturated carbocycles. The van der Waals surface area contributed by atoms with Gasteiger partial charge in [-0.05, 0) is 15.9 Å². The summed E-state index contributed by atoms with van der Waals surface area (Å²) in [7, 11) is 1.33. The number of methoxy groups -OCH3 is 1. The van der Waals surface area contributed by atoms with E-state index in [2.05, 4.69) is 20.9 Å². The molecule has 78 valence electrons. The van der Waals surface area contributed by atoms with E-state index in [-0.39, 0.29) is 22.9 Å². The van der Waals surface area contributed by atoms with Crippen molar-refractivity contribution in [2.24, 2.45) is 0 Å². The zero-order valence-corrected chi connectivity index (χ0v) is 9.57. The van der Waals surface area contributed by atoms with Crippen LogP contribution >= 0.6 is 27.5 Å². The standard InChI is InChI=1S/C8H7BrClF2NO/c1-14-5-2-6(9)13-4(3-10)7(5)8(11)12/h2,8H,3H2,1H3. The lowest BCUT2D eigenvalue weighted by atomic mass is 10.2. The quantitative estimate of drug-likeness (QED) is 0.626. The topological polar surface area (TPSA) is 22.1 Å². The number of pyridine rings is 1. The van der Waals surface area contributed by atoms with Gasteiger partial charge in [-0.3, -0.25) is 0 Å². The van der Waals surface area contributed by atoms with Gasteiger partial charge < -0.3 is 4.74 Å². The molecular formula is C8H7BrClF2NO. The van der Waals surface area contributed by atoms with Crippen molar-refractivity contribution in [2.75, 3.05) is 7.11 Å². The summed E-state index contributed by atoms with van der Waals surface area (Å²) in [6, 6.07) is 1.39. The van der Waals surface area contributed by atoms with Gasteiger partial charge in [0.1, 0.15) is 10.4 Å². The number of hydrogen-bond acceptors (Lipinski definition) is 2. The number of halogens is 4. The molecule has 0 fully saturated rings. The van der Waals surface area contributed by atoms with E-state index < -0.39 is 6.43 Å². The van der Waals surface area contributed by atoms with Gasteiger partial charge in [-0.25, -0.2) is 13.8 Å². The smallest absolute Gasteiger partial charge is 0.269 e. The molecule has 0 spiro atoms. The molecule has 1 aromatic heterocycles. The maximum absolute atomic E-state index is 12.6. The van der Waals surface area contributed by atoms with Gasteiger partial charge in [-0.2, -0.15) is 0 Å². The van der Waals surface area contributed by atoms with Crippen LogP contribution in [-0.2, 0) is 5.88 Å². The normalized spacial score (nSPS) is 10.7. The van der Waals surface area contributed by atoms with Crippen molar-refractivity contribution < 1.29 is 13.5 Å². The first-order valence-electron chi connectivity index (χ1n) is 3.67. The van der Waals surface area contributed by atoms with E-state index in [1.54, 1.807) is 0 Å². The molecule has 0 aliphatic rings. The summed E-state index contributed by atoms with van der Waals surface area (Å²) in [5.41, 5.74) is -0.112. The predicted octanol–water partition coefficient (Wildman–Crippen LogP) is 3.53. The van der Waals surface area contributed by atoms with Crippen molar-refractivity contribution in [2.45, 2.75) is 12.3 Å². The molecular weight excluding hydrogens is 279 g/mol. The molecule has 0 radical (unpaired) electrons. The third-order valence-corrected chi connectivity index (χ3v) is 2.29. The Morgan fingerprint density at radius 3 is 2.71 bits per heavy atom. The first-order valence-corrected chi connectivity index (χ1v) is 5.00. The van der Waals surface area contributed by atoms with Crippen LogP contribution in [0.4, 0.5) is 8.78 Å². The summed E-state index contributed by atoms with van der Waals surface area (Å²) in [4.78, 5) is 3.85. The fourth-order valence-corrected chi connectivity index (χ4v) is 1.68. The number of aromatic nitrogens is 1. The molecule has 1 heterocycles. The van der Waals surface area contributed by atoms with E-state index in [0.29, 0.717) is 4.60 Å². The van der Waals surface area contributed by atoms with Crippen molar-refractivity contribution in [3.05, 3.63) is 21.9 Å². The van der Waals surface area contributed by atoms with Crippen LogP contribution in [-0.4, -0.2) is 12.1 Å². The zero-order chi connectivity index (χ0) is 10.7. The Balaban J connectivity index is 3.33. The van der Waals surface area contributed by atoms with Gasteiger partial charge in [0, 0.05) is 6.07 Å². The van der Waals surface area contributed by atoms with Gasteiger partial charge in [0.2, 0.25) is 0 Å². The van der Waals surface area contributed by atoms with Crippen molar-refractivity contribution in [3.63, 3.8) is 0 Å². The molecule has 0 N–H and O–H groups in total. The molecule has 0 atom stereocenters. The van der Waals surface area contributed by atoms with Crippen molar-refractivity contribution in [3.8, 4) is 5.75 Å². The van der Waals surface area contributed by atoms with E-state index >= 15 is 0 Å². The lowest BCUT2D eigenvalue weighted by Crippen LogP contribution is -2.01. The first-order chi connectivity index (χ1) is 6.60. The summed E-state index contributed by atoms with van der Waals surface area (Å²) in [6.07, 6.45) is -2.64. The number of rotatable bonds is 3. The Morgan fingerprint density at radius 1 is 1.64 bits per heavy atom. The maximum atomic E-state index is 12.6.